The maximum atomic E-state index is 5.20. The van der Waals surface area contributed by atoms with E-state index in [0.29, 0.717) is 17.5 Å². The topological polar surface area (TPSA) is 38.7 Å². The molecule has 1 heterocycles. The van der Waals surface area contributed by atoms with Gasteiger partial charge >= 0.3 is 0 Å². The van der Waals surface area contributed by atoms with E-state index >= 15 is 0 Å². The molecule has 0 N–H and O–H groups in total. The van der Waals surface area contributed by atoms with Crippen LogP contribution in [0.5, 0.6) is 0 Å². The molecule has 8 aromatic rings. The van der Waals surface area contributed by atoms with Crippen molar-refractivity contribution >= 4 is 21.9 Å². The van der Waals surface area contributed by atoms with Crippen molar-refractivity contribution in [1.29, 1.82) is 0 Å². The highest BCUT2D eigenvalue weighted by molar-refractivity contribution is 6.04. The molecule has 7 aromatic carbocycles. The van der Waals surface area contributed by atoms with E-state index in [-0.39, 0.29) is 0 Å². The molecule has 1 unspecified atom stereocenters. The molecule has 0 fully saturated rings. The summed E-state index contributed by atoms with van der Waals surface area (Å²) in [4.78, 5) is 15.4. The molecule has 1 atom stereocenters. The lowest BCUT2D eigenvalue weighted by Gasteiger charge is -2.34. The van der Waals surface area contributed by atoms with E-state index < -0.39 is 5.41 Å². The Hall–Kier alpha value is -7.75. The third-order valence-corrected chi connectivity index (χ3v) is 11.6. The van der Waals surface area contributed by atoms with Crippen LogP contribution in [-0.4, -0.2) is 15.0 Å². The molecule has 0 saturated heterocycles. The number of benzene rings is 7. The monoisotopic (exact) mass is 783 g/mol. The lowest BCUT2D eigenvalue weighted by atomic mass is 9.67. The number of aromatic nitrogens is 3. The Kier molecular flexibility index (Phi) is 10.7. The highest BCUT2D eigenvalue weighted by atomic mass is 15.0. The second-order valence-electron chi connectivity index (χ2n) is 15.2. The van der Waals surface area contributed by atoms with Crippen molar-refractivity contribution in [3.05, 3.63) is 259 Å². The number of hydrogen-bond donors (Lipinski definition) is 0. The lowest BCUT2D eigenvalue weighted by Crippen LogP contribution is -2.28. The number of hydrogen-bond acceptors (Lipinski definition) is 3. The molecule has 1 aliphatic carbocycles. The van der Waals surface area contributed by atoms with E-state index in [0.717, 1.165) is 66.4 Å². The molecule has 61 heavy (non-hydrogen) atoms. The maximum Gasteiger partial charge on any atom is 0.164 e. The quantitative estimate of drug-likeness (QED) is 0.130. The SMILES string of the molecule is C=C(C=C1/C(=C\C)c2ccccc2C1(C(=C)/C=C\C=C/C)c1ccccc1)c1cccc2c(-c3nc(-c4ccccc4)nc(-c4cccc(-c5ccccc5)c4)n3)cccc12. The molecule has 292 valence electrons. The molecule has 0 bridgehead atoms. The molecule has 0 radical (unpaired) electrons. The Morgan fingerprint density at radius 2 is 1.08 bits per heavy atom. The van der Waals surface area contributed by atoms with Crippen LogP contribution < -0.4 is 0 Å². The fraction of sp³-hybridized carbons (Fsp3) is 0.0517. The van der Waals surface area contributed by atoms with Gasteiger partial charge in [0, 0.05) is 16.7 Å². The minimum absolute atomic E-state index is 0.607. The van der Waals surface area contributed by atoms with Gasteiger partial charge in [-0.2, -0.15) is 0 Å². The van der Waals surface area contributed by atoms with Crippen molar-refractivity contribution < 1.29 is 0 Å². The average molecular weight is 784 g/mol. The predicted octanol–water partition coefficient (Wildman–Crippen LogP) is 14.7. The van der Waals surface area contributed by atoms with E-state index in [2.05, 4.69) is 177 Å². The van der Waals surface area contributed by atoms with Crippen LogP contribution in [0.3, 0.4) is 0 Å². The minimum Gasteiger partial charge on any atom is -0.208 e. The van der Waals surface area contributed by atoms with Gasteiger partial charge in [-0.05, 0) is 92.4 Å². The summed E-state index contributed by atoms with van der Waals surface area (Å²) in [5.41, 5.74) is 13.1. The van der Waals surface area contributed by atoms with Crippen molar-refractivity contribution in [3.8, 4) is 45.3 Å². The maximum absolute atomic E-state index is 5.20. The van der Waals surface area contributed by atoms with Gasteiger partial charge in [0.2, 0.25) is 0 Å². The fourth-order valence-electron chi connectivity index (χ4n) is 8.82. The number of allylic oxidation sites excluding steroid dienone is 10. The summed E-state index contributed by atoms with van der Waals surface area (Å²) in [6.45, 7) is 13.7. The summed E-state index contributed by atoms with van der Waals surface area (Å²) in [6, 6.07) is 61.2. The Morgan fingerprint density at radius 3 is 1.82 bits per heavy atom. The second-order valence-corrected chi connectivity index (χ2v) is 15.2. The number of nitrogens with zero attached hydrogens (tertiary/aromatic N) is 3. The van der Waals surface area contributed by atoms with Gasteiger partial charge in [-0.25, -0.2) is 15.0 Å². The molecular formula is C58H45N3. The Labute approximate surface area is 358 Å². The van der Waals surface area contributed by atoms with E-state index in [9.17, 15) is 0 Å². The first-order chi connectivity index (χ1) is 30.0. The van der Waals surface area contributed by atoms with Crippen LogP contribution in [0.2, 0.25) is 0 Å². The smallest absolute Gasteiger partial charge is 0.164 e. The predicted molar refractivity (Wildman–Crippen MR) is 257 cm³/mol. The Bertz CT molecular complexity index is 3060. The lowest BCUT2D eigenvalue weighted by molar-refractivity contribution is 0.771. The van der Waals surface area contributed by atoms with Crippen LogP contribution in [0.1, 0.15) is 36.1 Å². The third kappa shape index (κ3) is 7.11. The first-order valence-corrected chi connectivity index (χ1v) is 20.7. The van der Waals surface area contributed by atoms with E-state index in [4.69, 9.17) is 28.1 Å². The number of fused-ring (bicyclic) bond motifs is 2. The van der Waals surface area contributed by atoms with Gasteiger partial charge in [0.15, 0.2) is 17.5 Å². The molecular weight excluding hydrogens is 739 g/mol. The Morgan fingerprint density at radius 1 is 0.508 bits per heavy atom. The molecule has 3 heteroatoms. The fourth-order valence-corrected chi connectivity index (χ4v) is 8.82. The summed E-state index contributed by atoms with van der Waals surface area (Å²) >= 11 is 0. The highest BCUT2D eigenvalue weighted by Crippen LogP contribution is 2.58. The first kappa shape index (κ1) is 38.8. The third-order valence-electron chi connectivity index (χ3n) is 11.6. The summed E-state index contributed by atoms with van der Waals surface area (Å²) < 4.78 is 0. The average Bonchev–Trinajstić information content (AvgIpc) is 3.61. The van der Waals surface area contributed by atoms with Gasteiger partial charge in [-0.15, -0.1) is 0 Å². The summed E-state index contributed by atoms with van der Waals surface area (Å²) in [5.74, 6) is 1.84. The zero-order valence-corrected chi connectivity index (χ0v) is 34.5. The minimum atomic E-state index is -0.649. The molecule has 1 aromatic heterocycles. The van der Waals surface area contributed by atoms with E-state index in [1.54, 1.807) is 0 Å². The van der Waals surface area contributed by atoms with Crippen LogP contribution in [0.15, 0.2) is 237 Å². The highest BCUT2D eigenvalue weighted by Gasteiger charge is 2.48. The summed E-state index contributed by atoms with van der Waals surface area (Å²) in [7, 11) is 0. The molecule has 0 aliphatic heterocycles. The standard InChI is InChI=1S/C58H45N3/c1-5-7-11-23-41(4)58(46-30-16-10-17-31-46)53-37-19-18-32-51(53)47(6-2)54(58)38-40(3)48-33-21-35-50-49(48)34-22-36-52(50)57-60-55(43-26-14-9-15-27-43)59-56(61-57)45-29-20-28-44(39-45)42-24-12-8-13-25-42/h5-39H,3-4H2,1-2H3/b7-5-,23-11-,47-6-,54-38?. The van der Waals surface area contributed by atoms with E-state index in [1.807, 2.05) is 49.4 Å². The van der Waals surface area contributed by atoms with Gasteiger partial charge in [0.05, 0.1) is 5.41 Å². The van der Waals surface area contributed by atoms with Gasteiger partial charge < -0.3 is 0 Å². The normalized spacial score (nSPS) is 16.2. The van der Waals surface area contributed by atoms with Crippen molar-refractivity contribution in [2.24, 2.45) is 0 Å². The van der Waals surface area contributed by atoms with Crippen LogP contribution in [-0.2, 0) is 5.41 Å². The summed E-state index contributed by atoms with van der Waals surface area (Å²) in [5, 5.41) is 2.09. The van der Waals surface area contributed by atoms with E-state index in [1.165, 1.54) is 16.7 Å². The zero-order valence-electron chi connectivity index (χ0n) is 34.5. The number of rotatable bonds is 10. The van der Waals surface area contributed by atoms with Crippen molar-refractivity contribution in [2.45, 2.75) is 19.3 Å². The first-order valence-electron chi connectivity index (χ1n) is 20.7. The molecule has 3 nitrogen and oxygen atoms in total. The van der Waals surface area contributed by atoms with Gasteiger partial charge in [-0.3, -0.25) is 0 Å². The van der Waals surface area contributed by atoms with Crippen molar-refractivity contribution in [2.75, 3.05) is 0 Å². The molecule has 0 amide bonds. The summed E-state index contributed by atoms with van der Waals surface area (Å²) in [6.07, 6.45) is 12.8. The molecule has 9 rings (SSSR count). The second kappa shape index (κ2) is 16.8. The van der Waals surface area contributed by atoms with Gasteiger partial charge in [0.25, 0.3) is 0 Å². The van der Waals surface area contributed by atoms with Crippen LogP contribution in [0, 0.1) is 0 Å². The van der Waals surface area contributed by atoms with Crippen molar-refractivity contribution in [1.82, 2.24) is 15.0 Å². The molecule has 1 aliphatic rings. The van der Waals surface area contributed by atoms with Crippen LogP contribution >= 0.6 is 0 Å². The van der Waals surface area contributed by atoms with Gasteiger partial charge in [0.1, 0.15) is 0 Å². The van der Waals surface area contributed by atoms with Crippen LogP contribution in [0.4, 0.5) is 0 Å². The van der Waals surface area contributed by atoms with Crippen molar-refractivity contribution in [3.63, 3.8) is 0 Å². The largest absolute Gasteiger partial charge is 0.208 e. The van der Waals surface area contributed by atoms with Crippen LogP contribution in [0.25, 0.3) is 67.2 Å². The molecule has 0 saturated carbocycles. The molecule has 0 spiro atoms. The van der Waals surface area contributed by atoms with Gasteiger partial charge in [-0.1, -0.05) is 213 Å². The zero-order chi connectivity index (χ0) is 41.8. The Balaban J connectivity index is 1.21.